The Morgan fingerprint density at radius 2 is 1.97 bits per heavy atom. The highest BCUT2D eigenvalue weighted by Gasteiger charge is 2.53. The van der Waals surface area contributed by atoms with Crippen molar-refractivity contribution in [1.29, 1.82) is 0 Å². The molecule has 2 aliphatic heterocycles. The molecule has 0 aromatic carbocycles. The van der Waals surface area contributed by atoms with E-state index in [1.807, 2.05) is 20.8 Å². The van der Waals surface area contributed by atoms with E-state index in [0.29, 0.717) is 24.4 Å². The number of esters is 1. The van der Waals surface area contributed by atoms with E-state index in [2.05, 4.69) is 11.9 Å². The number of carbonyl (C=O) groups is 2. The van der Waals surface area contributed by atoms with Gasteiger partial charge < -0.3 is 29.8 Å². The Labute approximate surface area is 219 Å². The minimum atomic E-state index is -1.26. The Bertz CT molecular complexity index is 987. The molecule has 7 atom stereocenters. The summed E-state index contributed by atoms with van der Waals surface area (Å²) >= 11 is 0. The first-order chi connectivity index (χ1) is 17.3. The molecule has 3 heterocycles. The van der Waals surface area contributed by atoms with Gasteiger partial charge in [0.25, 0.3) is 0 Å². The van der Waals surface area contributed by atoms with Crippen LogP contribution >= 0.6 is 0 Å². The lowest BCUT2D eigenvalue weighted by Gasteiger charge is -2.35. The number of hydrogen-bond acceptors (Lipinski definition) is 9. The van der Waals surface area contributed by atoms with Crippen molar-refractivity contribution in [2.75, 3.05) is 0 Å². The maximum atomic E-state index is 13.5. The summed E-state index contributed by atoms with van der Waals surface area (Å²) in [5.41, 5.74) is 5.36. The number of Topliss-reactive ketones (excluding diaryl/α,β-unsaturated/α-hetero) is 1. The van der Waals surface area contributed by atoms with Crippen LogP contribution < -0.4 is 5.73 Å². The maximum Gasteiger partial charge on any atom is 0.309 e. The topological polar surface area (TPSA) is 148 Å². The third-order valence-electron chi connectivity index (χ3n) is 8.30. The van der Waals surface area contributed by atoms with Gasteiger partial charge in [0.1, 0.15) is 23.8 Å². The van der Waals surface area contributed by atoms with E-state index in [1.165, 1.54) is 6.26 Å². The fourth-order valence-electron chi connectivity index (χ4n) is 5.33. The van der Waals surface area contributed by atoms with E-state index in [-0.39, 0.29) is 36.4 Å². The van der Waals surface area contributed by atoms with E-state index in [0.717, 1.165) is 24.8 Å². The smallest absolute Gasteiger partial charge is 0.309 e. The molecule has 7 unspecified atom stereocenters. The van der Waals surface area contributed by atoms with Crippen LogP contribution in [-0.4, -0.2) is 57.0 Å². The second-order valence-corrected chi connectivity index (χ2v) is 11.6. The van der Waals surface area contributed by atoms with E-state index in [9.17, 15) is 19.8 Å². The molecule has 4 N–H and O–H groups in total. The minimum Gasteiger partial charge on any atom is -0.458 e. The molecule has 1 aromatic rings. The lowest BCUT2D eigenvalue weighted by atomic mass is 9.71. The Morgan fingerprint density at radius 1 is 1.27 bits per heavy atom. The van der Waals surface area contributed by atoms with Crippen molar-refractivity contribution in [2.45, 2.75) is 117 Å². The molecular formula is C28H44N2O7. The summed E-state index contributed by atoms with van der Waals surface area (Å²) in [4.78, 5) is 30.8. The summed E-state index contributed by atoms with van der Waals surface area (Å²) in [5, 5.41) is 22.0. The van der Waals surface area contributed by atoms with E-state index < -0.39 is 35.6 Å². The zero-order valence-electron chi connectivity index (χ0n) is 23.0. The molecule has 9 heteroatoms. The number of hydrogen-bond donors (Lipinski definition) is 3. The van der Waals surface area contributed by atoms with Crippen LogP contribution in [0.25, 0.3) is 6.08 Å². The summed E-state index contributed by atoms with van der Waals surface area (Å²) < 4.78 is 17.2. The van der Waals surface area contributed by atoms with Gasteiger partial charge in [0.15, 0.2) is 0 Å². The van der Waals surface area contributed by atoms with Crippen molar-refractivity contribution in [3.63, 3.8) is 0 Å². The fourth-order valence-corrected chi connectivity index (χ4v) is 5.33. The molecule has 0 saturated carbocycles. The predicted molar refractivity (Wildman–Crippen MR) is 138 cm³/mol. The van der Waals surface area contributed by atoms with Crippen LogP contribution in [0.2, 0.25) is 0 Å². The Hall–Kier alpha value is -2.07. The highest BCUT2D eigenvalue weighted by atomic mass is 16.6. The number of ether oxygens (including phenoxy) is 2. The molecule has 0 amide bonds. The molecule has 2 saturated heterocycles. The number of ketones is 1. The fraction of sp³-hybridized carbons (Fsp3) is 0.750. The third kappa shape index (κ3) is 6.88. The molecule has 0 aliphatic carbocycles. The zero-order chi connectivity index (χ0) is 27.5. The van der Waals surface area contributed by atoms with Crippen LogP contribution in [0.1, 0.15) is 91.7 Å². The van der Waals surface area contributed by atoms with Gasteiger partial charge >= 0.3 is 5.97 Å². The van der Waals surface area contributed by atoms with Crippen LogP contribution in [0.4, 0.5) is 0 Å². The first-order valence-electron chi connectivity index (χ1n) is 13.4. The highest BCUT2D eigenvalue weighted by Crippen LogP contribution is 2.45. The van der Waals surface area contributed by atoms with Gasteiger partial charge in [-0.1, -0.05) is 34.1 Å². The summed E-state index contributed by atoms with van der Waals surface area (Å²) in [6.07, 6.45) is 3.49. The summed E-state index contributed by atoms with van der Waals surface area (Å²) in [5.74, 6) is -1.15. The number of aliphatic hydroxyl groups excluding tert-OH is 2. The molecule has 0 spiro atoms. The summed E-state index contributed by atoms with van der Waals surface area (Å²) in [7, 11) is 0. The number of aromatic nitrogens is 1. The molecular weight excluding hydrogens is 476 g/mol. The largest absolute Gasteiger partial charge is 0.458 e. The van der Waals surface area contributed by atoms with Crippen LogP contribution in [0.5, 0.6) is 0 Å². The number of fused-ring (bicyclic) bond motifs is 1. The normalized spacial score (nSPS) is 36.1. The number of carbonyl (C=O) groups excluding carboxylic acids is 2. The van der Waals surface area contributed by atoms with E-state index >= 15 is 0 Å². The lowest BCUT2D eigenvalue weighted by Crippen LogP contribution is -2.46. The van der Waals surface area contributed by atoms with E-state index in [1.54, 1.807) is 19.9 Å². The van der Waals surface area contributed by atoms with Crippen LogP contribution in [0.15, 0.2) is 16.3 Å². The molecule has 208 valence electrons. The van der Waals surface area contributed by atoms with Crippen molar-refractivity contribution < 1.29 is 33.7 Å². The second kappa shape index (κ2) is 11.8. The monoisotopic (exact) mass is 520 g/mol. The molecule has 1 aromatic heterocycles. The first kappa shape index (κ1) is 29.5. The molecule has 37 heavy (non-hydrogen) atoms. The molecule has 2 fully saturated rings. The number of rotatable bonds is 4. The van der Waals surface area contributed by atoms with Gasteiger partial charge in [-0.25, -0.2) is 4.98 Å². The lowest BCUT2D eigenvalue weighted by molar-refractivity contribution is -0.154. The first-order valence-corrected chi connectivity index (χ1v) is 13.4. The van der Waals surface area contributed by atoms with Crippen molar-refractivity contribution in [1.82, 2.24) is 4.98 Å². The minimum absolute atomic E-state index is 0.0840. The number of oxazole rings is 1. The molecule has 0 radical (unpaired) electrons. The Morgan fingerprint density at radius 3 is 2.59 bits per heavy atom. The number of aliphatic hydroxyl groups is 2. The van der Waals surface area contributed by atoms with Gasteiger partial charge in [0, 0.05) is 12.3 Å². The van der Waals surface area contributed by atoms with Gasteiger partial charge in [-0.3, -0.25) is 9.59 Å². The zero-order valence-corrected chi connectivity index (χ0v) is 23.0. The molecule has 9 nitrogen and oxygen atoms in total. The maximum absolute atomic E-state index is 13.5. The van der Waals surface area contributed by atoms with Gasteiger partial charge in [-0.05, 0) is 50.7 Å². The van der Waals surface area contributed by atoms with Crippen molar-refractivity contribution >= 4 is 17.8 Å². The van der Waals surface area contributed by atoms with E-state index in [4.69, 9.17) is 19.6 Å². The van der Waals surface area contributed by atoms with Crippen LogP contribution in [-0.2, 0) is 25.6 Å². The number of nitrogens with two attached hydrogens (primary N) is 1. The number of nitrogens with zero attached hydrogens (tertiary/aromatic N) is 1. The van der Waals surface area contributed by atoms with Gasteiger partial charge in [0.2, 0.25) is 5.89 Å². The summed E-state index contributed by atoms with van der Waals surface area (Å²) in [6, 6.07) is 0. The standard InChI is InChI=1S/C28H44N2O7/c1-7-19-25(33)16(2)9-8-10-28(6)22(37-28)12-20(17(3)11-18-15-35-23(14-29)30-18)36-24(32)13-21(31)27(4,5)26(19)34/h11,15-16,19-22,25,31,33H,7-10,12-14,29H2,1-6H3. The quantitative estimate of drug-likeness (QED) is 0.400. The van der Waals surface area contributed by atoms with Gasteiger partial charge in [-0.2, -0.15) is 0 Å². The highest BCUT2D eigenvalue weighted by molar-refractivity contribution is 5.88. The average molecular weight is 521 g/mol. The molecule has 3 rings (SSSR count). The SMILES string of the molecule is CCC1C(=O)C(C)(C)C(O)CC(=O)OC(C(C)=Cc2coc(CN)n2)CC2OC2(C)CCCC(C)C1O. The summed E-state index contributed by atoms with van der Waals surface area (Å²) in [6.45, 7) is 11.2. The van der Waals surface area contributed by atoms with Crippen molar-refractivity contribution in [3.05, 3.63) is 23.4 Å². The Kier molecular flexibility index (Phi) is 9.37. The number of cyclic esters (lactones) is 1. The average Bonchev–Trinajstić information content (AvgIpc) is 3.24. The predicted octanol–water partition coefficient (Wildman–Crippen LogP) is 3.55. The van der Waals surface area contributed by atoms with Gasteiger partial charge in [-0.15, -0.1) is 0 Å². The third-order valence-corrected chi connectivity index (χ3v) is 8.30. The van der Waals surface area contributed by atoms with Crippen LogP contribution in [0.3, 0.4) is 0 Å². The van der Waals surface area contributed by atoms with Gasteiger partial charge in [0.05, 0.1) is 42.3 Å². The second-order valence-electron chi connectivity index (χ2n) is 11.6. The van der Waals surface area contributed by atoms with Crippen molar-refractivity contribution in [2.24, 2.45) is 23.0 Å². The number of epoxide rings is 1. The Balaban J connectivity index is 1.87. The molecule has 2 aliphatic rings. The van der Waals surface area contributed by atoms with Crippen molar-refractivity contribution in [3.8, 4) is 0 Å². The van der Waals surface area contributed by atoms with Crippen LogP contribution in [0, 0.1) is 17.3 Å². The molecule has 0 bridgehead atoms.